The van der Waals surface area contributed by atoms with E-state index in [1.54, 1.807) is 16.7 Å². The number of likely N-dealkylation sites (N-methyl/N-ethyl adjacent to an activating group) is 1. The van der Waals surface area contributed by atoms with Crippen molar-refractivity contribution < 1.29 is 4.79 Å². The van der Waals surface area contributed by atoms with Gasteiger partial charge >= 0.3 is 0 Å². The standard InChI is InChI=1S/C16H18ClN3OS2/c1-3-19-11-7-5-6-8-12(11)22-15(19)13-14(21)20(4-2)16(23-13)18-10-9-17/h5-8H,3-4,9-10H2,1-2H3/b15-13-,18-16?. The van der Waals surface area contributed by atoms with Crippen molar-refractivity contribution in [1.29, 1.82) is 0 Å². The minimum atomic E-state index is 0.0413. The predicted octanol–water partition coefficient (Wildman–Crippen LogP) is 3.98. The van der Waals surface area contributed by atoms with E-state index in [0.717, 1.165) is 21.6 Å². The molecule has 0 radical (unpaired) electrons. The largest absolute Gasteiger partial charge is 0.334 e. The number of amidine groups is 1. The lowest BCUT2D eigenvalue weighted by Gasteiger charge is -2.19. The molecule has 0 bridgehead atoms. The highest BCUT2D eigenvalue weighted by Crippen LogP contribution is 2.50. The van der Waals surface area contributed by atoms with Crippen molar-refractivity contribution in [2.24, 2.45) is 4.99 Å². The topological polar surface area (TPSA) is 35.9 Å². The van der Waals surface area contributed by atoms with Crippen molar-refractivity contribution in [1.82, 2.24) is 4.90 Å². The van der Waals surface area contributed by atoms with Crippen LogP contribution in [0.3, 0.4) is 0 Å². The molecule has 0 atom stereocenters. The number of anilines is 1. The Balaban J connectivity index is 2.00. The molecule has 0 saturated carbocycles. The molecule has 23 heavy (non-hydrogen) atoms. The number of hydrogen-bond donors (Lipinski definition) is 0. The van der Waals surface area contributed by atoms with Crippen LogP contribution in [0.5, 0.6) is 0 Å². The molecule has 2 heterocycles. The van der Waals surface area contributed by atoms with E-state index in [0.29, 0.717) is 19.0 Å². The van der Waals surface area contributed by atoms with Gasteiger partial charge in [0, 0.05) is 23.9 Å². The highest BCUT2D eigenvalue weighted by Gasteiger charge is 2.38. The van der Waals surface area contributed by atoms with Gasteiger partial charge < -0.3 is 4.90 Å². The number of carbonyl (C=O) groups is 1. The molecule has 1 amide bonds. The number of para-hydroxylation sites is 1. The lowest BCUT2D eigenvalue weighted by Crippen LogP contribution is -2.29. The van der Waals surface area contributed by atoms with Crippen LogP contribution in [0.15, 0.2) is 44.1 Å². The molecule has 0 spiro atoms. The first-order valence-electron chi connectivity index (χ1n) is 7.60. The van der Waals surface area contributed by atoms with Gasteiger partial charge in [-0.3, -0.25) is 14.7 Å². The number of carbonyl (C=O) groups excluding carboxylic acids is 1. The number of benzene rings is 1. The highest BCUT2D eigenvalue weighted by molar-refractivity contribution is 8.19. The van der Waals surface area contributed by atoms with Crippen molar-refractivity contribution >= 4 is 51.9 Å². The lowest BCUT2D eigenvalue weighted by atomic mass is 10.3. The van der Waals surface area contributed by atoms with Crippen LogP contribution in [0.2, 0.25) is 0 Å². The monoisotopic (exact) mass is 367 g/mol. The SMILES string of the molecule is CCN1C(=O)/C(=C2/Sc3ccccc3N2CC)SC1=NCCCl. The predicted molar refractivity (Wildman–Crippen MR) is 100 cm³/mol. The third-order valence-electron chi connectivity index (χ3n) is 3.63. The summed E-state index contributed by atoms with van der Waals surface area (Å²) in [5, 5.41) is 1.77. The van der Waals surface area contributed by atoms with E-state index in [4.69, 9.17) is 11.6 Å². The number of amides is 1. The summed E-state index contributed by atoms with van der Waals surface area (Å²) in [5.41, 5.74) is 1.17. The molecule has 2 aliphatic heterocycles. The number of nitrogens with zero attached hydrogens (tertiary/aromatic N) is 3. The van der Waals surface area contributed by atoms with Gasteiger partial charge in [0.05, 0.1) is 12.2 Å². The zero-order chi connectivity index (χ0) is 16.4. The summed E-state index contributed by atoms with van der Waals surface area (Å²) >= 11 is 8.86. The average molecular weight is 368 g/mol. The number of thioether (sulfide) groups is 2. The fourth-order valence-electron chi connectivity index (χ4n) is 2.59. The van der Waals surface area contributed by atoms with Gasteiger partial charge in [-0.15, -0.1) is 11.6 Å². The zero-order valence-corrected chi connectivity index (χ0v) is 15.5. The number of alkyl halides is 1. The zero-order valence-electron chi connectivity index (χ0n) is 13.1. The maximum absolute atomic E-state index is 12.8. The second-order valence-corrected chi connectivity index (χ2v) is 7.34. The van der Waals surface area contributed by atoms with Crippen LogP contribution in [0, 0.1) is 0 Å². The number of rotatable bonds is 4. The molecule has 0 aromatic heterocycles. The summed E-state index contributed by atoms with van der Waals surface area (Å²) in [6.45, 7) is 6.05. The second-order valence-electron chi connectivity index (χ2n) is 4.95. The van der Waals surface area contributed by atoms with Crippen LogP contribution in [0.1, 0.15) is 13.8 Å². The quantitative estimate of drug-likeness (QED) is 0.595. The minimum absolute atomic E-state index is 0.0413. The van der Waals surface area contributed by atoms with Crippen LogP contribution >= 0.6 is 35.1 Å². The molecule has 0 aliphatic carbocycles. The van der Waals surface area contributed by atoms with E-state index < -0.39 is 0 Å². The van der Waals surface area contributed by atoms with Crippen LogP contribution in [-0.2, 0) is 4.79 Å². The van der Waals surface area contributed by atoms with Gasteiger partial charge in [-0.2, -0.15) is 0 Å². The third-order valence-corrected chi connectivity index (χ3v) is 6.22. The highest BCUT2D eigenvalue weighted by atomic mass is 35.5. The van der Waals surface area contributed by atoms with E-state index in [-0.39, 0.29) is 5.91 Å². The van der Waals surface area contributed by atoms with Crippen molar-refractivity contribution in [3.63, 3.8) is 0 Å². The lowest BCUT2D eigenvalue weighted by molar-refractivity contribution is -0.122. The Kier molecular flexibility index (Phi) is 5.24. The Labute approximate surface area is 150 Å². The summed E-state index contributed by atoms with van der Waals surface area (Å²) < 4.78 is 0. The van der Waals surface area contributed by atoms with Crippen LogP contribution < -0.4 is 4.90 Å². The van der Waals surface area contributed by atoms with Gasteiger partial charge in [0.15, 0.2) is 5.17 Å². The molecule has 3 rings (SSSR count). The number of halogens is 1. The van der Waals surface area contributed by atoms with E-state index >= 15 is 0 Å². The van der Waals surface area contributed by atoms with E-state index in [9.17, 15) is 4.79 Å². The molecule has 1 saturated heterocycles. The molecule has 7 heteroatoms. The molecule has 0 unspecified atom stereocenters. The van der Waals surface area contributed by atoms with Crippen LogP contribution in [0.4, 0.5) is 5.69 Å². The first kappa shape index (κ1) is 16.7. The van der Waals surface area contributed by atoms with Gasteiger partial charge in [-0.25, -0.2) is 0 Å². The van der Waals surface area contributed by atoms with Crippen LogP contribution in [-0.4, -0.2) is 41.5 Å². The van der Waals surface area contributed by atoms with Gasteiger partial charge in [0.2, 0.25) is 0 Å². The Morgan fingerprint density at radius 2 is 1.87 bits per heavy atom. The molecule has 122 valence electrons. The fourth-order valence-corrected chi connectivity index (χ4v) is 5.13. The summed E-state index contributed by atoms with van der Waals surface area (Å²) in [6, 6.07) is 8.26. The van der Waals surface area contributed by atoms with Crippen molar-refractivity contribution in [2.75, 3.05) is 30.4 Å². The molecular weight excluding hydrogens is 350 g/mol. The molecule has 2 aliphatic rings. The molecular formula is C16H18ClN3OS2. The third kappa shape index (κ3) is 2.99. The Bertz CT molecular complexity index is 690. The smallest absolute Gasteiger partial charge is 0.269 e. The Hall–Kier alpha value is -1.11. The molecule has 1 fully saturated rings. The second kappa shape index (κ2) is 7.20. The van der Waals surface area contributed by atoms with Gasteiger partial charge in [0.1, 0.15) is 9.93 Å². The Morgan fingerprint density at radius 3 is 2.57 bits per heavy atom. The molecule has 1 aromatic carbocycles. The number of aliphatic imine (C=N–C) groups is 1. The summed E-state index contributed by atoms with van der Waals surface area (Å²) in [7, 11) is 0. The molecule has 1 aromatic rings. The molecule has 0 N–H and O–H groups in total. The van der Waals surface area contributed by atoms with Crippen LogP contribution in [0.25, 0.3) is 0 Å². The van der Waals surface area contributed by atoms with Gasteiger partial charge in [-0.05, 0) is 37.7 Å². The number of hydrogen-bond acceptors (Lipinski definition) is 5. The summed E-state index contributed by atoms with van der Waals surface area (Å²) in [4.78, 5) is 23.2. The fraction of sp³-hybridized carbons (Fsp3) is 0.375. The van der Waals surface area contributed by atoms with E-state index in [2.05, 4.69) is 28.9 Å². The van der Waals surface area contributed by atoms with Crippen molar-refractivity contribution in [3.8, 4) is 0 Å². The average Bonchev–Trinajstić information content (AvgIpc) is 3.09. The first-order chi connectivity index (χ1) is 11.2. The van der Waals surface area contributed by atoms with Gasteiger partial charge in [0.25, 0.3) is 5.91 Å². The summed E-state index contributed by atoms with van der Waals surface area (Å²) in [6.07, 6.45) is 0. The Morgan fingerprint density at radius 1 is 1.13 bits per heavy atom. The maximum atomic E-state index is 12.8. The van der Waals surface area contributed by atoms with Crippen molar-refractivity contribution in [2.45, 2.75) is 18.7 Å². The summed E-state index contributed by atoms with van der Waals surface area (Å²) in [5.74, 6) is 0.503. The molecule has 4 nitrogen and oxygen atoms in total. The van der Waals surface area contributed by atoms with Gasteiger partial charge in [-0.1, -0.05) is 23.9 Å². The van der Waals surface area contributed by atoms with E-state index in [1.807, 2.05) is 19.1 Å². The van der Waals surface area contributed by atoms with E-state index in [1.165, 1.54) is 22.3 Å². The minimum Gasteiger partial charge on any atom is -0.334 e. The maximum Gasteiger partial charge on any atom is 0.269 e. The first-order valence-corrected chi connectivity index (χ1v) is 9.76. The normalized spacial score (nSPS) is 22.4. The number of fused-ring (bicyclic) bond motifs is 1. The van der Waals surface area contributed by atoms with Crippen molar-refractivity contribution in [3.05, 3.63) is 34.2 Å².